The Kier molecular flexibility index (Phi) is 12.8. The molecule has 1 unspecified atom stereocenters. The first-order chi connectivity index (χ1) is 7.81. The van der Waals surface area contributed by atoms with Crippen molar-refractivity contribution in [1.29, 1.82) is 0 Å². The van der Waals surface area contributed by atoms with Gasteiger partial charge in [0.2, 0.25) is 0 Å². The molecule has 0 aromatic heterocycles. The lowest BCUT2D eigenvalue weighted by molar-refractivity contribution is 0.582. The van der Waals surface area contributed by atoms with Gasteiger partial charge >= 0.3 is 7.80 Å². The molecule has 0 fully saturated rings. The van der Waals surface area contributed by atoms with Gasteiger partial charge in [-0.3, -0.25) is 0 Å². The van der Waals surface area contributed by atoms with Gasteiger partial charge in [0.1, 0.15) is 12.3 Å². The van der Waals surface area contributed by atoms with E-state index < -0.39 is 7.80 Å². The smallest absolute Gasteiger partial charge is 0.0885 e. The fourth-order valence-electron chi connectivity index (χ4n) is 1.60. The SMILES string of the molecule is CCCC=CCCCC[P+](=O)CCCCC. The molecule has 0 heterocycles. The van der Waals surface area contributed by atoms with Crippen molar-refractivity contribution in [3.05, 3.63) is 12.2 Å². The van der Waals surface area contributed by atoms with Crippen molar-refractivity contribution < 1.29 is 4.57 Å². The predicted molar refractivity (Wildman–Crippen MR) is 74.8 cm³/mol. The van der Waals surface area contributed by atoms with E-state index in [2.05, 4.69) is 26.0 Å². The van der Waals surface area contributed by atoms with E-state index in [9.17, 15) is 4.57 Å². The van der Waals surface area contributed by atoms with Crippen LogP contribution in [0.1, 0.15) is 65.2 Å². The van der Waals surface area contributed by atoms with Crippen LogP contribution in [0.25, 0.3) is 0 Å². The standard InChI is InChI=1S/C14H28OP/c1-3-5-7-8-9-10-12-14-16(15)13-11-6-4-2/h7-8H,3-6,9-14H2,1-2H3/q+1. The van der Waals surface area contributed by atoms with Crippen LogP contribution < -0.4 is 0 Å². The molecule has 0 aliphatic carbocycles. The van der Waals surface area contributed by atoms with E-state index in [0.717, 1.165) is 31.6 Å². The van der Waals surface area contributed by atoms with Crippen molar-refractivity contribution in [2.24, 2.45) is 0 Å². The molecule has 1 atom stereocenters. The third-order valence-electron chi connectivity index (χ3n) is 2.66. The molecule has 0 rings (SSSR count). The number of rotatable bonds is 11. The zero-order valence-corrected chi connectivity index (χ0v) is 12.0. The summed E-state index contributed by atoms with van der Waals surface area (Å²) in [4.78, 5) is 0. The first-order valence-electron chi connectivity index (χ1n) is 6.88. The molecule has 0 radical (unpaired) electrons. The Labute approximate surface area is 102 Å². The van der Waals surface area contributed by atoms with Crippen LogP contribution in [-0.4, -0.2) is 12.3 Å². The van der Waals surface area contributed by atoms with Crippen molar-refractivity contribution in [2.45, 2.75) is 65.2 Å². The average Bonchev–Trinajstić information content (AvgIpc) is 2.28. The van der Waals surface area contributed by atoms with Crippen LogP contribution in [0, 0.1) is 0 Å². The highest BCUT2D eigenvalue weighted by Crippen LogP contribution is 2.24. The molecule has 0 aromatic carbocycles. The largest absolute Gasteiger partial charge is 0.338 e. The van der Waals surface area contributed by atoms with Crippen molar-refractivity contribution in [2.75, 3.05) is 12.3 Å². The molecule has 0 amide bonds. The number of hydrogen-bond acceptors (Lipinski definition) is 1. The predicted octanol–water partition coefficient (Wildman–Crippen LogP) is 5.53. The lowest BCUT2D eigenvalue weighted by atomic mass is 10.2. The van der Waals surface area contributed by atoms with Gasteiger partial charge in [0.05, 0.1) is 0 Å². The van der Waals surface area contributed by atoms with Crippen LogP contribution in [-0.2, 0) is 4.57 Å². The monoisotopic (exact) mass is 243 g/mol. The molecule has 1 nitrogen and oxygen atoms in total. The summed E-state index contributed by atoms with van der Waals surface area (Å²) in [5.41, 5.74) is 0. The number of allylic oxidation sites excluding steroid dienone is 2. The molecule has 16 heavy (non-hydrogen) atoms. The van der Waals surface area contributed by atoms with E-state index in [1.54, 1.807) is 0 Å². The molecule has 0 saturated carbocycles. The van der Waals surface area contributed by atoms with Gasteiger partial charge in [-0.1, -0.05) is 43.4 Å². The highest BCUT2D eigenvalue weighted by molar-refractivity contribution is 7.44. The van der Waals surface area contributed by atoms with E-state index in [1.165, 1.54) is 32.1 Å². The normalized spacial score (nSPS) is 12.2. The summed E-state index contributed by atoms with van der Waals surface area (Å²) in [6.45, 7) is 4.39. The summed E-state index contributed by atoms with van der Waals surface area (Å²) < 4.78 is 11.6. The molecule has 0 aliphatic rings. The molecule has 0 aromatic rings. The van der Waals surface area contributed by atoms with Crippen molar-refractivity contribution in [3.63, 3.8) is 0 Å². The Balaban J connectivity index is 3.21. The van der Waals surface area contributed by atoms with Crippen LogP contribution in [0.2, 0.25) is 0 Å². The summed E-state index contributed by atoms with van der Waals surface area (Å²) in [6, 6.07) is 0. The molecule has 0 spiro atoms. The summed E-state index contributed by atoms with van der Waals surface area (Å²) in [5, 5.41) is 0. The van der Waals surface area contributed by atoms with Crippen LogP contribution in [0.5, 0.6) is 0 Å². The van der Waals surface area contributed by atoms with E-state index >= 15 is 0 Å². The van der Waals surface area contributed by atoms with Crippen molar-refractivity contribution in [3.8, 4) is 0 Å². The third-order valence-corrected chi connectivity index (χ3v) is 4.29. The quantitative estimate of drug-likeness (QED) is 0.265. The fourth-order valence-corrected chi connectivity index (χ4v) is 2.98. The highest BCUT2D eigenvalue weighted by Gasteiger charge is 2.12. The van der Waals surface area contributed by atoms with Crippen molar-refractivity contribution in [1.82, 2.24) is 0 Å². The van der Waals surface area contributed by atoms with Gasteiger partial charge < -0.3 is 0 Å². The maximum absolute atomic E-state index is 11.6. The topological polar surface area (TPSA) is 17.1 Å². The second-order valence-electron chi connectivity index (χ2n) is 4.39. The number of unbranched alkanes of at least 4 members (excludes halogenated alkanes) is 5. The van der Waals surface area contributed by atoms with Crippen LogP contribution in [0.15, 0.2) is 12.2 Å². The zero-order valence-electron chi connectivity index (χ0n) is 11.1. The Hall–Kier alpha value is -0.160. The second kappa shape index (κ2) is 12.9. The van der Waals surface area contributed by atoms with E-state index in [1.807, 2.05) is 0 Å². The minimum atomic E-state index is -0.894. The molecular formula is C14H28OP+. The first-order valence-corrected chi connectivity index (χ1v) is 8.51. The Morgan fingerprint density at radius 3 is 2.06 bits per heavy atom. The van der Waals surface area contributed by atoms with Crippen LogP contribution in [0.4, 0.5) is 0 Å². The summed E-state index contributed by atoms with van der Waals surface area (Å²) in [5.74, 6) is 0. The molecule has 0 N–H and O–H groups in total. The Morgan fingerprint density at radius 1 is 0.812 bits per heavy atom. The van der Waals surface area contributed by atoms with Gasteiger partial charge in [-0.15, -0.1) is 0 Å². The first kappa shape index (κ1) is 15.8. The summed E-state index contributed by atoms with van der Waals surface area (Å²) in [7, 11) is -0.894. The van der Waals surface area contributed by atoms with Crippen LogP contribution in [0.3, 0.4) is 0 Å². The molecule has 0 aliphatic heterocycles. The van der Waals surface area contributed by atoms with E-state index in [-0.39, 0.29) is 0 Å². The van der Waals surface area contributed by atoms with Gasteiger partial charge in [0.15, 0.2) is 0 Å². The van der Waals surface area contributed by atoms with Gasteiger partial charge in [-0.05, 0) is 38.5 Å². The van der Waals surface area contributed by atoms with Crippen molar-refractivity contribution >= 4 is 7.80 Å². The van der Waals surface area contributed by atoms with Gasteiger partial charge in [-0.25, -0.2) is 0 Å². The summed E-state index contributed by atoms with van der Waals surface area (Å²) in [6.07, 6.45) is 16.0. The van der Waals surface area contributed by atoms with Gasteiger partial charge in [0, 0.05) is 0 Å². The molecule has 94 valence electrons. The lowest BCUT2D eigenvalue weighted by Gasteiger charge is -1.92. The maximum Gasteiger partial charge on any atom is 0.338 e. The Morgan fingerprint density at radius 2 is 1.44 bits per heavy atom. The van der Waals surface area contributed by atoms with E-state index in [4.69, 9.17) is 0 Å². The highest BCUT2D eigenvalue weighted by atomic mass is 31.1. The minimum Gasteiger partial charge on any atom is -0.0885 e. The third kappa shape index (κ3) is 11.9. The lowest BCUT2D eigenvalue weighted by Crippen LogP contribution is -1.85. The average molecular weight is 243 g/mol. The maximum atomic E-state index is 11.6. The summed E-state index contributed by atoms with van der Waals surface area (Å²) >= 11 is 0. The van der Waals surface area contributed by atoms with Gasteiger partial charge in [-0.2, -0.15) is 0 Å². The molecule has 2 heteroatoms. The number of hydrogen-bond donors (Lipinski definition) is 0. The zero-order chi connectivity index (χ0) is 12.1. The molecular weight excluding hydrogens is 215 g/mol. The Bertz CT molecular complexity index is 187. The van der Waals surface area contributed by atoms with Crippen LogP contribution >= 0.6 is 7.80 Å². The molecule has 0 saturated heterocycles. The fraction of sp³-hybridized carbons (Fsp3) is 0.857. The minimum absolute atomic E-state index is 0.894. The second-order valence-corrected chi connectivity index (χ2v) is 6.25. The molecule has 0 bridgehead atoms. The van der Waals surface area contributed by atoms with E-state index in [0.29, 0.717) is 0 Å². The van der Waals surface area contributed by atoms with Gasteiger partial charge in [0.25, 0.3) is 0 Å².